The molecule has 0 aliphatic rings. The van der Waals surface area contributed by atoms with E-state index in [4.69, 9.17) is 14.7 Å². The standard InChI is InChI=1S/C17H20N4O4/c1-4-24-16(23)17(2,3)14(22)15(21-11-19-10-20-21)25-13-7-5-12(9-18)6-8-13/h5-8,10-11,14-15,22H,4H2,1-3H3/t14-,15-/m1/s1. The molecule has 1 N–H and O–H groups in total. The van der Waals surface area contributed by atoms with Gasteiger partial charge in [-0.2, -0.15) is 10.4 Å². The Bertz CT molecular complexity index is 735. The first-order valence-corrected chi connectivity index (χ1v) is 7.76. The molecule has 1 heterocycles. The second-order valence-corrected chi connectivity index (χ2v) is 5.91. The highest BCUT2D eigenvalue weighted by atomic mass is 16.5. The quantitative estimate of drug-likeness (QED) is 0.761. The zero-order valence-electron chi connectivity index (χ0n) is 14.3. The van der Waals surface area contributed by atoms with E-state index in [1.165, 1.54) is 17.3 Å². The van der Waals surface area contributed by atoms with E-state index < -0.39 is 23.7 Å². The fraction of sp³-hybridized carbons (Fsp3) is 0.412. The number of aliphatic hydroxyl groups is 1. The van der Waals surface area contributed by atoms with Crippen molar-refractivity contribution in [2.45, 2.75) is 33.1 Å². The summed E-state index contributed by atoms with van der Waals surface area (Å²) in [5.41, 5.74) is -0.753. The van der Waals surface area contributed by atoms with Crippen LogP contribution in [-0.4, -0.2) is 38.6 Å². The predicted molar refractivity (Wildman–Crippen MR) is 87.3 cm³/mol. The van der Waals surface area contributed by atoms with Gasteiger partial charge in [0, 0.05) is 0 Å². The van der Waals surface area contributed by atoms with Crippen LogP contribution in [0, 0.1) is 16.7 Å². The highest BCUT2D eigenvalue weighted by molar-refractivity contribution is 5.76. The fourth-order valence-electron chi connectivity index (χ4n) is 2.15. The molecule has 0 spiro atoms. The molecule has 2 atom stereocenters. The summed E-state index contributed by atoms with van der Waals surface area (Å²) in [4.78, 5) is 16.1. The van der Waals surface area contributed by atoms with Crippen molar-refractivity contribution in [3.8, 4) is 11.8 Å². The maximum atomic E-state index is 12.2. The van der Waals surface area contributed by atoms with Crippen LogP contribution in [0.15, 0.2) is 36.9 Å². The van der Waals surface area contributed by atoms with E-state index in [1.54, 1.807) is 45.0 Å². The first-order valence-electron chi connectivity index (χ1n) is 7.76. The van der Waals surface area contributed by atoms with E-state index in [0.717, 1.165) is 0 Å². The Hall–Kier alpha value is -2.92. The normalized spacial score (nSPS) is 13.6. The number of hydrogen-bond acceptors (Lipinski definition) is 7. The van der Waals surface area contributed by atoms with Gasteiger partial charge in [0.1, 0.15) is 24.5 Å². The SMILES string of the molecule is CCOC(=O)C(C)(C)[C@H](O)[C@@H](Oc1ccc(C#N)cc1)n1cncn1. The summed E-state index contributed by atoms with van der Waals surface area (Å²) in [6.45, 7) is 5.05. The Labute approximate surface area is 145 Å². The number of esters is 1. The highest BCUT2D eigenvalue weighted by Crippen LogP contribution is 2.32. The number of benzene rings is 1. The minimum atomic E-state index is -1.26. The summed E-state index contributed by atoms with van der Waals surface area (Å²) in [5.74, 6) is -0.130. The van der Waals surface area contributed by atoms with E-state index in [-0.39, 0.29) is 6.61 Å². The van der Waals surface area contributed by atoms with Gasteiger partial charge in [-0.05, 0) is 45.0 Å². The third-order valence-corrected chi connectivity index (χ3v) is 3.75. The molecule has 25 heavy (non-hydrogen) atoms. The number of nitriles is 1. The molecular weight excluding hydrogens is 324 g/mol. The molecule has 0 bridgehead atoms. The van der Waals surface area contributed by atoms with Crippen molar-refractivity contribution in [3.05, 3.63) is 42.5 Å². The van der Waals surface area contributed by atoms with Crippen LogP contribution in [0.2, 0.25) is 0 Å². The molecule has 0 radical (unpaired) electrons. The van der Waals surface area contributed by atoms with E-state index in [9.17, 15) is 9.90 Å². The number of carbonyl (C=O) groups excluding carboxylic acids is 1. The van der Waals surface area contributed by atoms with Gasteiger partial charge in [0.15, 0.2) is 0 Å². The molecule has 0 unspecified atom stereocenters. The van der Waals surface area contributed by atoms with Crippen LogP contribution in [0.25, 0.3) is 0 Å². The Morgan fingerprint density at radius 2 is 2.08 bits per heavy atom. The predicted octanol–water partition coefficient (Wildman–Crippen LogP) is 1.68. The van der Waals surface area contributed by atoms with Gasteiger partial charge in [0.2, 0.25) is 6.23 Å². The van der Waals surface area contributed by atoms with E-state index >= 15 is 0 Å². The second kappa shape index (κ2) is 7.77. The molecule has 2 rings (SSSR count). The second-order valence-electron chi connectivity index (χ2n) is 5.91. The summed E-state index contributed by atoms with van der Waals surface area (Å²) < 4.78 is 12.2. The lowest BCUT2D eigenvalue weighted by molar-refractivity contribution is -0.168. The number of aromatic nitrogens is 3. The van der Waals surface area contributed by atoms with Crippen LogP contribution in [-0.2, 0) is 9.53 Å². The van der Waals surface area contributed by atoms with Crippen LogP contribution in [0.1, 0.15) is 32.6 Å². The van der Waals surface area contributed by atoms with Gasteiger partial charge in [0.05, 0.1) is 23.7 Å². The monoisotopic (exact) mass is 344 g/mol. The summed E-state index contributed by atoms with van der Waals surface area (Å²) in [5, 5.41) is 23.7. The molecule has 1 aromatic heterocycles. The lowest BCUT2D eigenvalue weighted by Crippen LogP contribution is -2.45. The number of hydrogen-bond donors (Lipinski definition) is 1. The molecule has 8 nitrogen and oxygen atoms in total. The molecule has 0 saturated carbocycles. The molecular formula is C17H20N4O4. The lowest BCUT2D eigenvalue weighted by Gasteiger charge is -2.33. The zero-order chi connectivity index (χ0) is 18.4. The Kier molecular flexibility index (Phi) is 5.72. The Morgan fingerprint density at radius 1 is 1.40 bits per heavy atom. The van der Waals surface area contributed by atoms with E-state index in [2.05, 4.69) is 10.1 Å². The van der Waals surface area contributed by atoms with Crippen LogP contribution in [0.4, 0.5) is 0 Å². The maximum absolute atomic E-state index is 12.2. The molecule has 0 amide bonds. The molecule has 0 aliphatic heterocycles. The van der Waals surface area contributed by atoms with Crippen molar-refractivity contribution in [2.24, 2.45) is 5.41 Å². The van der Waals surface area contributed by atoms with Crippen LogP contribution < -0.4 is 4.74 Å². The zero-order valence-corrected chi connectivity index (χ0v) is 14.3. The highest BCUT2D eigenvalue weighted by Gasteiger charge is 2.44. The number of aliphatic hydroxyl groups excluding tert-OH is 1. The smallest absolute Gasteiger partial charge is 0.314 e. The summed E-state index contributed by atoms with van der Waals surface area (Å²) in [6.07, 6.45) is 0.427. The van der Waals surface area contributed by atoms with Crippen LogP contribution >= 0.6 is 0 Å². The third kappa shape index (κ3) is 4.14. The minimum Gasteiger partial charge on any atom is -0.466 e. The van der Waals surface area contributed by atoms with Crippen LogP contribution in [0.5, 0.6) is 5.75 Å². The van der Waals surface area contributed by atoms with Gasteiger partial charge in [-0.15, -0.1) is 0 Å². The fourth-order valence-corrected chi connectivity index (χ4v) is 2.15. The maximum Gasteiger partial charge on any atom is 0.314 e. The van der Waals surface area contributed by atoms with E-state index in [1.807, 2.05) is 6.07 Å². The molecule has 0 saturated heterocycles. The van der Waals surface area contributed by atoms with Gasteiger partial charge in [-0.1, -0.05) is 0 Å². The number of ether oxygens (including phenoxy) is 2. The molecule has 8 heteroatoms. The van der Waals surface area contributed by atoms with Gasteiger partial charge in [-0.25, -0.2) is 9.67 Å². The Morgan fingerprint density at radius 3 is 2.60 bits per heavy atom. The van der Waals surface area contributed by atoms with Crippen molar-refractivity contribution in [1.29, 1.82) is 5.26 Å². The van der Waals surface area contributed by atoms with Crippen molar-refractivity contribution in [1.82, 2.24) is 14.8 Å². The largest absolute Gasteiger partial charge is 0.466 e. The number of carbonyl (C=O) groups is 1. The third-order valence-electron chi connectivity index (χ3n) is 3.75. The average Bonchev–Trinajstić information content (AvgIpc) is 3.14. The van der Waals surface area contributed by atoms with Crippen molar-refractivity contribution < 1.29 is 19.4 Å². The van der Waals surface area contributed by atoms with Crippen molar-refractivity contribution >= 4 is 5.97 Å². The van der Waals surface area contributed by atoms with Gasteiger partial charge >= 0.3 is 5.97 Å². The lowest BCUT2D eigenvalue weighted by atomic mass is 9.85. The molecule has 0 fully saturated rings. The topological polar surface area (TPSA) is 110 Å². The van der Waals surface area contributed by atoms with Gasteiger partial charge < -0.3 is 14.6 Å². The average molecular weight is 344 g/mol. The van der Waals surface area contributed by atoms with Gasteiger partial charge in [-0.3, -0.25) is 4.79 Å². The summed E-state index contributed by atoms with van der Waals surface area (Å²) in [7, 11) is 0. The summed E-state index contributed by atoms with van der Waals surface area (Å²) >= 11 is 0. The number of nitrogens with zero attached hydrogens (tertiary/aromatic N) is 4. The van der Waals surface area contributed by atoms with Crippen molar-refractivity contribution in [3.63, 3.8) is 0 Å². The summed E-state index contributed by atoms with van der Waals surface area (Å²) in [6, 6.07) is 8.41. The molecule has 0 aliphatic carbocycles. The van der Waals surface area contributed by atoms with E-state index in [0.29, 0.717) is 11.3 Å². The molecule has 2 aromatic rings. The molecule has 132 valence electrons. The first-order chi connectivity index (χ1) is 11.9. The minimum absolute atomic E-state index is 0.208. The Balaban J connectivity index is 2.29. The number of rotatable bonds is 7. The molecule has 1 aromatic carbocycles. The van der Waals surface area contributed by atoms with Crippen molar-refractivity contribution in [2.75, 3.05) is 6.61 Å². The van der Waals surface area contributed by atoms with Gasteiger partial charge in [0.25, 0.3) is 0 Å². The first kappa shape index (κ1) is 18.4. The van der Waals surface area contributed by atoms with Crippen LogP contribution in [0.3, 0.4) is 0 Å².